The molecule has 0 bridgehead atoms. The summed E-state index contributed by atoms with van der Waals surface area (Å²) in [4.78, 5) is 12.2. The van der Waals surface area contributed by atoms with Crippen LogP contribution in [0.25, 0.3) is 0 Å². The van der Waals surface area contributed by atoms with Gasteiger partial charge >= 0.3 is 0 Å². The molecule has 0 radical (unpaired) electrons. The third-order valence-electron chi connectivity index (χ3n) is 5.09. The summed E-state index contributed by atoms with van der Waals surface area (Å²) in [5.74, 6) is 1.13. The molecule has 0 aromatic heterocycles. The summed E-state index contributed by atoms with van der Waals surface area (Å²) in [5, 5.41) is 2.75. The van der Waals surface area contributed by atoms with E-state index in [0.717, 1.165) is 16.9 Å². The second-order valence-electron chi connectivity index (χ2n) is 7.25. The number of ether oxygens (including phenoxy) is 2. The molecule has 3 rings (SSSR count). The fraction of sp³-hybridized carbons (Fsp3) is 0.409. The zero-order valence-corrected chi connectivity index (χ0v) is 18.2. The second kappa shape index (κ2) is 9.95. The topological polar surface area (TPSA) is 84.9 Å². The molecule has 8 heteroatoms. The van der Waals surface area contributed by atoms with E-state index in [-0.39, 0.29) is 18.2 Å². The van der Waals surface area contributed by atoms with Gasteiger partial charge in [-0.15, -0.1) is 0 Å². The molecular formula is C22H28N2O5S. The van der Waals surface area contributed by atoms with Crippen LogP contribution in [0.15, 0.2) is 48.5 Å². The van der Waals surface area contributed by atoms with Gasteiger partial charge in [-0.05, 0) is 55.2 Å². The molecule has 1 N–H and O–H groups in total. The number of methoxy groups -OCH3 is 1. The smallest absolute Gasteiger partial charge is 0.260 e. The summed E-state index contributed by atoms with van der Waals surface area (Å²) in [6.07, 6.45) is 0.356. The summed E-state index contributed by atoms with van der Waals surface area (Å²) < 4.78 is 37.7. The van der Waals surface area contributed by atoms with Gasteiger partial charge in [-0.2, -0.15) is 4.31 Å². The average Bonchev–Trinajstić information content (AvgIpc) is 2.76. The Morgan fingerprint density at radius 1 is 1.13 bits per heavy atom. The van der Waals surface area contributed by atoms with Crippen molar-refractivity contribution in [2.75, 3.05) is 26.0 Å². The maximum atomic E-state index is 12.7. The molecule has 0 spiro atoms. The molecule has 162 valence electrons. The molecule has 1 heterocycles. The molecular weight excluding hydrogens is 404 g/mol. The first-order chi connectivity index (χ1) is 14.4. The Hall–Kier alpha value is -2.58. The van der Waals surface area contributed by atoms with Crippen LogP contribution < -0.4 is 14.8 Å². The Labute approximate surface area is 178 Å². The van der Waals surface area contributed by atoms with Gasteiger partial charge in [0.15, 0.2) is 6.10 Å². The molecule has 0 fully saturated rings. The van der Waals surface area contributed by atoms with Crippen LogP contribution in [0.5, 0.6) is 11.5 Å². The number of rotatable bonds is 9. The van der Waals surface area contributed by atoms with Crippen LogP contribution in [0.1, 0.15) is 24.5 Å². The van der Waals surface area contributed by atoms with E-state index in [4.69, 9.17) is 9.47 Å². The first-order valence-corrected chi connectivity index (χ1v) is 11.6. The normalized spacial score (nSPS) is 15.1. The highest BCUT2D eigenvalue weighted by atomic mass is 32.2. The number of benzene rings is 2. The van der Waals surface area contributed by atoms with Gasteiger partial charge in [-0.1, -0.05) is 24.3 Å². The van der Waals surface area contributed by atoms with Gasteiger partial charge in [-0.25, -0.2) is 8.42 Å². The predicted molar refractivity (Wildman–Crippen MR) is 115 cm³/mol. The number of hydrogen-bond acceptors (Lipinski definition) is 5. The molecule has 2 aromatic rings. The Kier molecular flexibility index (Phi) is 7.33. The second-order valence-corrected chi connectivity index (χ2v) is 9.34. The first kappa shape index (κ1) is 22.1. The minimum Gasteiger partial charge on any atom is -0.497 e. The van der Waals surface area contributed by atoms with Crippen LogP contribution in [-0.4, -0.2) is 50.7 Å². The molecule has 0 aliphatic carbocycles. The van der Waals surface area contributed by atoms with Crippen molar-refractivity contribution in [2.24, 2.45) is 0 Å². The van der Waals surface area contributed by atoms with E-state index in [2.05, 4.69) is 5.32 Å². The molecule has 1 atom stereocenters. The third kappa shape index (κ3) is 5.73. The van der Waals surface area contributed by atoms with Crippen LogP contribution in [0.3, 0.4) is 0 Å². The highest BCUT2D eigenvalue weighted by Crippen LogP contribution is 2.25. The standard InChI is InChI=1S/C22H28N2O5S/c1-17(29-20-7-4-3-5-8-20)22(25)23-12-6-14-30(26,27)24-13-11-18-15-21(28-2)10-9-19(18)16-24/h3-5,7-10,15,17H,6,11-14,16H2,1-2H3,(H,23,25). The summed E-state index contributed by atoms with van der Waals surface area (Å²) in [5.41, 5.74) is 2.13. The Morgan fingerprint density at radius 3 is 2.63 bits per heavy atom. The number of fused-ring (bicyclic) bond motifs is 1. The molecule has 1 amide bonds. The minimum absolute atomic E-state index is 0.00725. The van der Waals surface area contributed by atoms with E-state index in [0.29, 0.717) is 31.7 Å². The predicted octanol–water partition coefficient (Wildman–Crippen LogP) is 2.36. The molecule has 1 unspecified atom stereocenters. The van der Waals surface area contributed by atoms with Gasteiger partial charge in [0.2, 0.25) is 10.0 Å². The van der Waals surface area contributed by atoms with Crippen LogP contribution in [-0.2, 0) is 27.8 Å². The Balaban J connectivity index is 1.44. The average molecular weight is 433 g/mol. The lowest BCUT2D eigenvalue weighted by atomic mass is 10.0. The zero-order valence-electron chi connectivity index (χ0n) is 17.3. The van der Waals surface area contributed by atoms with Crippen LogP contribution >= 0.6 is 0 Å². The maximum absolute atomic E-state index is 12.7. The molecule has 0 saturated heterocycles. The van der Waals surface area contributed by atoms with E-state index in [1.54, 1.807) is 26.2 Å². The summed E-state index contributed by atoms with van der Waals surface area (Å²) in [6, 6.07) is 14.8. The zero-order chi connectivity index (χ0) is 21.6. The summed E-state index contributed by atoms with van der Waals surface area (Å²) in [7, 11) is -1.77. The molecule has 1 aliphatic heterocycles. The number of amides is 1. The number of sulfonamides is 1. The van der Waals surface area contributed by atoms with E-state index >= 15 is 0 Å². The molecule has 0 saturated carbocycles. The fourth-order valence-corrected chi connectivity index (χ4v) is 4.84. The van der Waals surface area contributed by atoms with Crippen molar-refractivity contribution < 1.29 is 22.7 Å². The summed E-state index contributed by atoms with van der Waals surface area (Å²) >= 11 is 0. The Bertz CT molecular complexity index is 963. The highest BCUT2D eigenvalue weighted by Gasteiger charge is 2.26. The van der Waals surface area contributed by atoms with E-state index in [9.17, 15) is 13.2 Å². The first-order valence-electron chi connectivity index (χ1n) is 10.0. The number of nitrogens with one attached hydrogen (secondary N) is 1. The van der Waals surface area contributed by atoms with Crippen molar-refractivity contribution >= 4 is 15.9 Å². The quantitative estimate of drug-likeness (QED) is 0.615. The van der Waals surface area contributed by atoms with Crippen molar-refractivity contribution in [1.29, 1.82) is 0 Å². The molecule has 30 heavy (non-hydrogen) atoms. The number of nitrogens with zero attached hydrogens (tertiary/aromatic N) is 1. The monoisotopic (exact) mass is 432 g/mol. The minimum atomic E-state index is -3.39. The van der Waals surface area contributed by atoms with Crippen LogP contribution in [0.4, 0.5) is 0 Å². The van der Waals surface area contributed by atoms with Gasteiger partial charge in [0.25, 0.3) is 5.91 Å². The lowest BCUT2D eigenvalue weighted by Gasteiger charge is -2.28. The van der Waals surface area contributed by atoms with Crippen molar-refractivity contribution in [3.63, 3.8) is 0 Å². The van der Waals surface area contributed by atoms with Crippen molar-refractivity contribution in [3.05, 3.63) is 59.7 Å². The van der Waals surface area contributed by atoms with E-state index in [1.165, 1.54) is 4.31 Å². The maximum Gasteiger partial charge on any atom is 0.260 e. The largest absolute Gasteiger partial charge is 0.497 e. The van der Waals surface area contributed by atoms with Crippen molar-refractivity contribution in [3.8, 4) is 11.5 Å². The molecule has 7 nitrogen and oxygen atoms in total. The van der Waals surface area contributed by atoms with E-state index in [1.807, 2.05) is 36.4 Å². The van der Waals surface area contributed by atoms with Crippen LogP contribution in [0, 0.1) is 0 Å². The molecule has 1 aliphatic rings. The lowest BCUT2D eigenvalue weighted by molar-refractivity contribution is -0.127. The highest BCUT2D eigenvalue weighted by molar-refractivity contribution is 7.89. The van der Waals surface area contributed by atoms with Crippen molar-refractivity contribution in [2.45, 2.75) is 32.4 Å². The van der Waals surface area contributed by atoms with Gasteiger partial charge in [0, 0.05) is 19.6 Å². The molecule has 2 aromatic carbocycles. The number of carbonyl (C=O) groups is 1. The van der Waals surface area contributed by atoms with Gasteiger partial charge in [-0.3, -0.25) is 4.79 Å². The van der Waals surface area contributed by atoms with Gasteiger partial charge in [0.1, 0.15) is 11.5 Å². The van der Waals surface area contributed by atoms with Crippen LogP contribution in [0.2, 0.25) is 0 Å². The Morgan fingerprint density at radius 2 is 1.90 bits per heavy atom. The number of hydrogen-bond donors (Lipinski definition) is 1. The third-order valence-corrected chi connectivity index (χ3v) is 6.99. The lowest BCUT2D eigenvalue weighted by Crippen LogP contribution is -2.39. The fourth-order valence-electron chi connectivity index (χ4n) is 3.36. The van der Waals surface area contributed by atoms with Gasteiger partial charge in [0.05, 0.1) is 12.9 Å². The SMILES string of the molecule is COc1ccc2c(c1)CCN(S(=O)(=O)CCCNC(=O)C(C)Oc1ccccc1)C2. The number of carbonyl (C=O) groups excluding carboxylic acids is 1. The van der Waals surface area contributed by atoms with Crippen molar-refractivity contribution in [1.82, 2.24) is 9.62 Å². The van der Waals surface area contributed by atoms with E-state index < -0.39 is 16.1 Å². The summed E-state index contributed by atoms with van der Waals surface area (Å²) in [6.45, 7) is 2.77. The van der Waals surface area contributed by atoms with Gasteiger partial charge < -0.3 is 14.8 Å². The number of para-hydroxylation sites is 1.